The van der Waals surface area contributed by atoms with Gasteiger partial charge in [-0.1, -0.05) is 13.3 Å². The van der Waals surface area contributed by atoms with Gasteiger partial charge in [-0.3, -0.25) is 0 Å². The van der Waals surface area contributed by atoms with E-state index in [1.807, 2.05) is 6.92 Å². The van der Waals surface area contributed by atoms with Crippen LogP contribution in [0.3, 0.4) is 0 Å². The highest BCUT2D eigenvalue weighted by atomic mass is 16.5. The van der Waals surface area contributed by atoms with Crippen LogP contribution in [0.25, 0.3) is 6.08 Å². The number of aliphatic carboxylic acids is 1. The van der Waals surface area contributed by atoms with Gasteiger partial charge in [0, 0.05) is 5.57 Å². The van der Waals surface area contributed by atoms with Gasteiger partial charge < -0.3 is 19.3 Å². The number of carbonyl (C=O) groups is 1. The van der Waals surface area contributed by atoms with Crippen molar-refractivity contribution < 1.29 is 24.1 Å². The predicted molar refractivity (Wildman–Crippen MR) is 76.6 cm³/mol. The number of carboxylic acids is 1. The van der Waals surface area contributed by atoms with Crippen molar-refractivity contribution in [3.63, 3.8) is 0 Å². The molecule has 0 atom stereocenters. The van der Waals surface area contributed by atoms with Crippen LogP contribution < -0.4 is 14.2 Å². The van der Waals surface area contributed by atoms with E-state index in [9.17, 15) is 4.79 Å². The Morgan fingerprint density at radius 3 is 2.05 bits per heavy atom. The van der Waals surface area contributed by atoms with Gasteiger partial charge >= 0.3 is 5.97 Å². The first-order valence-corrected chi connectivity index (χ1v) is 6.31. The molecular formula is C15H20O5. The average Bonchev–Trinajstić information content (AvgIpc) is 2.45. The molecule has 1 N–H and O–H groups in total. The van der Waals surface area contributed by atoms with Crippen molar-refractivity contribution in [3.05, 3.63) is 23.3 Å². The summed E-state index contributed by atoms with van der Waals surface area (Å²) >= 11 is 0. The van der Waals surface area contributed by atoms with E-state index >= 15 is 0 Å². The van der Waals surface area contributed by atoms with Crippen LogP contribution in [0.4, 0.5) is 0 Å². The minimum atomic E-state index is -0.916. The third-order valence-electron chi connectivity index (χ3n) is 2.82. The number of benzene rings is 1. The standard InChI is InChI=1S/C15H20O5/c1-5-6-11(15(16)17)7-10-8-12(18-2)14(20-4)13(9-10)19-3/h7-9H,5-6H2,1-4H3,(H,16,17)/b11-7+. The van der Waals surface area contributed by atoms with Crippen LogP contribution in [-0.4, -0.2) is 32.4 Å². The van der Waals surface area contributed by atoms with Gasteiger partial charge in [0.2, 0.25) is 5.75 Å². The zero-order valence-corrected chi connectivity index (χ0v) is 12.2. The van der Waals surface area contributed by atoms with Crippen molar-refractivity contribution in [3.8, 4) is 17.2 Å². The molecule has 0 aliphatic rings. The van der Waals surface area contributed by atoms with Crippen LogP contribution in [0.15, 0.2) is 17.7 Å². The Labute approximate surface area is 118 Å². The van der Waals surface area contributed by atoms with Gasteiger partial charge in [0.1, 0.15) is 0 Å². The molecule has 5 heteroatoms. The van der Waals surface area contributed by atoms with Gasteiger partial charge in [0.15, 0.2) is 11.5 Å². The second kappa shape index (κ2) is 7.43. The molecular weight excluding hydrogens is 260 g/mol. The first kappa shape index (κ1) is 15.9. The fraction of sp³-hybridized carbons (Fsp3) is 0.400. The number of carboxylic acid groups (broad SMARTS) is 1. The number of ether oxygens (including phenoxy) is 3. The molecule has 0 amide bonds. The zero-order chi connectivity index (χ0) is 15.1. The molecule has 0 saturated carbocycles. The van der Waals surface area contributed by atoms with Gasteiger partial charge in [0.25, 0.3) is 0 Å². The molecule has 0 fully saturated rings. The smallest absolute Gasteiger partial charge is 0.331 e. The van der Waals surface area contributed by atoms with Gasteiger partial charge in [-0.2, -0.15) is 0 Å². The Bertz CT molecular complexity index is 480. The van der Waals surface area contributed by atoms with E-state index in [2.05, 4.69) is 0 Å². The Morgan fingerprint density at radius 2 is 1.70 bits per heavy atom. The van der Waals surface area contributed by atoms with Crippen molar-refractivity contribution in [1.29, 1.82) is 0 Å². The summed E-state index contributed by atoms with van der Waals surface area (Å²) in [5.74, 6) is 0.568. The van der Waals surface area contributed by atoms with Gasteiger partial charge in [-0.05, 0) is 30.2 Å². The van der Waals surface area contributed by atoms with Crippen LogP contribution in [-0.2, 0) is 4.79 Å². The average molecular weight is 280 g/mol. The molecule has 0 spiro atoms. The van der Waals surface area contributed by atoms with E-state index in [4.69, 9.17) is 19.3 Å². The topological polar surface area (TPSA) is 65.0 Å². The lowest BCUT2D eigenvalue weighted by Crippen LogP contribution is -2.00. The van der Waals surface area contributed by atoms with Gasteiger partial charge in [0.05, 0.1) is 21.3 Å². The lowest BCUT2D eigenvalue weighted by atomic mass is 10.1. The second-order valence-corrected chi connectivity index (χ2v) is 4.18. The van der Waals surface area contributed by atoms with Crippen molar-refractivity contribution in [2.24, 2.45) is 0 Å². The molecule has 20 heavy (non-hydrogen) atoms. The highest BCUT2D eigenvalue weighted by Crippen LogP contribution is 2.38. The molecule has 1 aromatic rings. The van der Waals surface area contributed by atoms with Crippen LogP contribution in [0.5, 0.6) is 17.2 Å². The lowest BCUT2D eigenvalue weighted by molar-refractivity contribution is -0.132. The normalized spacial score (nSPS) is 11.1. The second-order valence-electron chi connectivity index (χ2n) is 4.18. The lowest BCUT2D eigenvalue weighted by Gasteiger charge is -2.13. The molecule has 5 nitrogen and oxygen atoms in total. The SMILES string of the molecule is CCC/C(=C\c1cc(OC)c(OC)c(OC)c1)C(=O)O. The molecule has 1 aromatic carbocycles. The summed E-state index contributed by atoms with van der Waals surface area (Å²) in [5.41, 5.74) is 1.05. The quantitative estimate of drug-likeness (QED) is 0.778. The molecule has 1 rings (SSSR count). The third kappa shape index (κ3) is 3.66. The Hall–Kier alpha value is -2.17. The minimum absolute atomic E-state index is 0.349. The highest BCUT2D eigenvalue weighted by molar-refractivity contribution is 5.92. The maximum absolute atomic E-state index is 11.2. The Morgan fingerprint density at radius 1 is 1.15 bits per heavy atom. The predicted octanol–water partition coefficient (Wildman–Crippen LogP) is 2.98. The summed E-state index contributed by atoms with van der Waals surface area (Å²) < 4.78 is 15.7. The highest BCUT2D eigenvalue weighted by Gasteiger charge is 2.13. The first-order chi connectivity index (χ1) is 9.57. The van der Waals surface area contributed by atoms with E-state index in [1.54, 1.807) is 18.2 Å². The largest absolute Gasteiger partial charge is 0.493 e. The molecule has 0 aliphatic heterocycles. The zero-order valence-electron chi connectivity index (χ0n) is 12.2. The molecule has 0 heterocycles. The summed E-state index contributed by atoms with van der Waals surface area (Å²) in [7, 11) is 4.57. The number of rotatable bonds is 7. The Balaban J connectivity index is 3.31. The molecule has 0 unspecified atom stereocenters. The summed E-state index contributed by atoms with van der Waals surface area (Å²) in [6.07, 6.45) is 2.89. The molecule has 110 valence electrons. The van der Waals surface area contributed by atoms with Crippen molar-refractivity contribution in [2.45, 2.75) is 19.8 Å². The third-order valence-corrected chi connectivity index (χ3v) is 2.82. The maximum atomic E-state index is 11.2. The van der Waals surface area contributed by atoms with E-state index in [1.165, 1.54) is 21.3 Å². The summed E-state index contributed by atoms with van der Waals surface area (Å²) in [4.78, 5) is 11.2. The number of methoxy groups -OCH3 is 3. The molecule has 0 radical (unpaired) electrons. The van der Waals surface area contributed by atoms with Crippen molar-refractivity contribution in [2.75, 3.05) is 21.3 Å². The molecule has 0 bridgehead atoms. The maximum Gasteiger partial charge on any atom is 0.331 e. The Kier molecular flexibility index (Phi) is 5.90. The first-order valence-electron chi connectivity index (χ1n) is 6.31. The number of hydrogen-bond acceptors (Lipinski definition) is 4. The summed E-state index contributed by atoms with van der Waals surface area (Å²) in [6, 6.07) is 3.44. The van der Waals surface area contributed by atoms with Crippen LogP contribution in [0, 0.1) is 0 Å². The minimum Gasteiger partial charge on any atom is -0.493 e. The fourth-order valence-electron chi connectivity index (χ4n) is 1.90. The monoisotopic (exact) mass is 280 g/mol. The molecule has 0 aromatic heterocycles. The van der Waals surface area contributed by atoms with Crippen molar-refractivity contribution >= 4 is 12.0 Å². The fourth-order valence-corrected chi connectivity index (χ4v) is 1.90. The van der Waals surface area contributed by atoms with E-state index in [0.717, 1.165) is 6.42 Å². The van der Waals surface area contributed by atoms with Crippen molar-refractivity contribution in [1.82, 2.24) is 0 Å². The summed E-state index contributed by atoms with van der Waals surface area (Å²) in [6.45, 7) is 1.94. The van der Waals surface area contributed by atoms with Crippen LogP contribution in [0.2, 0.25) is 0 Å². The van der Waals surface area contributed by atoms with Crippen LogP contribution >= 0.6 is 0 Å². The van der Waals surface area contributed by atoms with E-state index in [0.29, 0.717) is 34.8 Å². The van der Waals surface area contributed by atoms with E-state index in [-0.39, 0.29) is 0 Å². The van der Waals surface area contributed by atoms with Crippen LogP contribution in [0.1, 0.15) is 25.3 Å². The van der Waals surface area contributed by atoms with E-state index < -0.39 is 5.97 Å². The summed E-state index contributed by atoms with van der Waals surface area (Å²) in [5, 5.41) is 9.16. The number of hydrogen-bond donors (Lipinski definition) is 1. The molecule has 0 aliphatic carbocycles. The van der Waals surface area contributed by atoms with Gasteiger partial charge in [-0.25, -0.2) is 4.79 Å². The van der Waals surface area contributed by atoms with Gasteiger partial charge in [-0.15, -0.1) is 0 Å². The molecule has 0 saturated heterocycles.